The molecule has 0 aromatic heterocycles. The maximum absolute atomic E-state index is 13.1. The Hall–Kier alpha value is -2.60. The largest absolute Gasteiger partial charge is 0.497 e. The zero-order chi connectivity index (χ0) is 19.2. The van der Waals surface area contributed by atoms with Gasteiger partial charge in [0.15, 0.2) is 6.54 Å². The Balaban J connectivity index is 1.56. The molecule has 5 nitrogen and oxygen atoms in total. The van der Waals surface area contributed by atoms with Crippen LogP contribution in [0, 0.1) is 5.82 Å². The highest BCUT2D eigenvalue weighted by molar-refractivity contribution is 5.93. The van der Waals surface area contributed by atoms with Gasteiger partial charge in [-0.25, -0.2) is 4.39 Å². The molecule has 1 saturated heterocycles. The summed E-state index contributed by atoms with van der Waals surface area (Å²) in [5, 5.41) is 0. The second kappa shape index (κ2) is 8.86. The Morgan fingerprint density at radius 1 is 1.19 bits per heavy atom. The van der Waals surface area contributed by atoms with Crippen molar-refractivity contribution in [1.29, 1.82) is 0 Å². The van der Waals surface area contributed by atoms with Gasteiger partial charge in [-0.15, -0.1) is 0 Å². The number of likely N-dealkylation sites (N-methyl/N-ethyl adjacent to an activating group) is 1. The number of benzene rings is 2. The molecule has 0 atom stereocenters. The predicted octanol–water partition coefficient (Wildman–Crippen LogP) is 1.59. The van der Waals surface area contributed by atoms with Crippen LogP contribution in [0.1, 0.15) is 6.92 Å². The third-order valence-electron chi connectivity index (χ3n) is 5.05. The zero-order valence-corrected chi connectivity index (χ0v) is 16.0. The summed E-state index contributed by atoms with van der Waals surface area (Å²) in [4.78, 5) is 18.1. The summed E-state index contributed by atoms with van der Waals surface area (Å²) < 4.78 is 18.4. The zero-order valence-electron chi connectivity index (χ0n) is 16.0. The predicted molar refractivity (Wildman–Crippen MR) is 105 cm³/mol. The van der Waals surface area contributed by atoms with Gasteiger partial charge in [0, 0.05) is 24.0 Å². The van der Waals surface area contributed by atoms with Crippen molar-refractivity contribution in [2.45, 2.75) is 6.92 Å². The summed E-state index contributed by atoms with van der Waals surface area (Å²) in [7, 11) is 1.67. The summed E-state index contributed by atoms with van der Waals surface area (Å²) >= 11 is 0. The third kappa shape index (κ3) is 4.77. The number of nitrogens with one attached hydrogen (secondary N) is 1. The van der Waals surface area contributed by atoms with Crippen molar-refractivity contribution in [3.8, 4) is 5.75 Å². The minimum Gasteiger partial charge on any atom is -0.497 e. The van der Waals surface area contributed by atoms with Gasteiger partial charge in [0.2, 0.25) is 0 Å². The lowest BCUT2D eigenvalue weighted by atomic mass is 10.2. The fourth-order valence-electron chi connectivity index (χ4n) is 3.50. The summed E-state index contributed by atoms with van der Waals surface area (Å²) in [6.45, 7) is 6.59. The first-order valence-corrected chi connectivity index (χ1v) is 9.39. The maximum Gasteiger partial charge on any atom is 0.282 e. The Bertz CT molecular complexity index is 758. The second-order valence-corrected chi connectivity index (χ2v) is 6.73. The molecular weight excluding hydrogens is 345 g/mol. The molecule has 0 radical (unpaired) electrons. The number of methoxy groups -OCH3 is 1. The molecule has 1 heterocycles. The fourth-order valence-corrected chi connectivity index (χ4v) is 3.50. The van der Waals surface area contributed by atoms with Crippen LogP contribution < -0.4 is 19.4 Å². The van der Waals surface area contributed by atoms with Crippen molar-refractivity contribution in [1.82, 2.24) is 0 Å². The Morgan fingerprint density at radius 2 is 1.89 bits per heavy atom. The Labute approximate surface area is 159 Å². The number of halogens is 1. The molecule has 27 heavy (non-hydrogen) atoms. The lowest BCUT2D eigenvalue weighted by molar-refractivity contribution is -0.892. The number of amides is 1. The molecule has 2 aromatic rings. The van der Waals surface area contributed by atoms with E-state index in [0.717, 1.165) is 43.3 Å². The van der Waals surface area contributed by atoms with Gasteiger partial charge in [0.05, 0.1) is 33.3 Å². The maximum atomic E-state index is 13.1. The highest BCUT2D eigenvalue weighted by atomic mass is 19.1. The van der Waals surface area contributed by atoms with E-state index in [9.17, 15) is 9.18 Å². The molecular formula is C21H27FN3O2+. The van der Waals surface area contributed by atoms with Gasteiger partial charge in [-0.1, -0.05) is 6.07 Å². The van der Waals surface area contributed by atoms with Crippen LogP contribution in [0.25, 0.3) is 0 Å². The first-order valence-electron chi connectivity index (χ1n) is 9.39. The highest BCUT2D eigenvalue weighted by Gasteiger charge is 2.25. The SMILES string of the molecule is CCN(C(=O)C[NH+]1CCN(c2cccc(OC)c2)CC1)c1ccc(F)cc1. The average Bonchev–Trinajstić information content (AvgIpc) is 2.70. The van der Waals surface area contributed by atoms with Crippen LogP contribution in [0.15, 0.2) is 48.5 Å². The van der Waals surface area contributed by atoms with Crippen LogP contribution in [0.5, 0.6) is 5.75 Å². The van der Waals surface area contributed by atoms with Crippen molar-refractivity contribution in [2.75, 3.05) is 56.2 Å². The van der Waals surface area contributed by atoms with Crippen LogP contribution >= 0.6 is 0 Å². The van der Waals surface area contributed by atoms with Crippen LogP contribution in [0.4, 0.5) is 15.8 Å². The van der Waals surface area contributed by atoms with Gasteiger partial charge in [-0.05, 0) is 43.3 Å². The number of hydrogen-bond acceptors (Lipinski definition) is 3. The number of nitrogens with zero attached hydrogens (tertiary/aromatic N) is 2. The third-order valence-corrected chi connectivity index (χ3v) is 5.05. The number of hydrogen-bond donors (Lipinski definition) is 1. The van der Waals surface area contributed by atoms with Gasteiger partial charge in [0.1, 0.15) is 11.6 Å². The Kier molecular flexibility index (Phi) is 6.29. The monoisotopic (exact) mass is 372 g/mol. The smallest absolute Gasteiger partial charge is 0.282 e. The standard InChI is InChI=1S/C21H26FN3O2/c1-3-25(18-9-7-17(22)8-10-18)21(26)16-23-11-13-24(14-12-23)19-5-4-6-20(15-19)27-2/h4-10,15H,3,11-14,16H2,1-2H3/p+1. The molecule has 0 spiro atoms. The lowest BCUT2D eigenvalue weighted by Crippen LogP contribution is -3.16. The molecule has 1 fully saturated rings. The van der Waals surface area contributed by atoms with E-state index in [-0.39, 0.29) is 11.7 Å². The van der Waals surface area contributed by atoms with E-state index in [2.05, 4.69) is 11.0 Å². The van der Waals surface area contributed by atoms with E-state index in [0.29, 0.717) is 13.1 Å². The van der Waals surface area contributed by atoms with Crippen LogP contribution in [0.2, 0.25) is 0 Å². The van der Waals surface area contributed by atoms with Gasteiger partial charge < -0.3 is 19.4 Å². The molecule has 1 amide bonds. The van der Waals surface area contributed by atoms with Crippen molar-refractivity contribution in [3.63, 3.8) is 0 Å². The first kappa shape index (κ1) is 19.2. The summed E-state index contributed by atoms with van der Waals surface area (Å²) in [5.41, 5.74) is 1.90. The molecule has 1 N–H and O–H groups in total. The number of rotatable bonds is 6. The molecule has 0 bridgehead atoms. The van der Waals surface area contributed by atoms with Crippen molar-refractivity contribution in [2.24, 2.45) is 0 Å². The van der Waals surface area contributed by atoms with Gasteiger partial charge in [-0.3, -0.25) is 4.79 Å². The summed E-state index contributed by atoms with van der Waals surface area (Å²) in [6.07, 6.45) is 0. The molecule has 0 saturated carbocycles. The molecule has 3 rings (SSSR count). The molecule has 0 aliphatic carbocycles. The normalized spacial score (nSPS) is 14.9. The molecule has 0 unspecified atom stereocenters. The highest BCUT2D eigenvalue weighted by Crippen LogP contribution is 2.20. The Morgan fingerprint density at radius 3 is 2.52 bits per heavy atom. The molecule has 1 aliphatic heterocycles. The minimum absolute atomic E-state index is 0.0777. The molecule has 144 valence electrons. The van der Waals surface area contributed by atoms with E-state index < -0.39 is 0 Å². The van der Waals surface area contributed by atoms with Gasteiger partial charge >= 0.3 is 0 Å². The van der Waals surface area contributed by atoms with E-state index in [4.69, 9.17) is 4.74 Å². The number of quaternary nitrogens is 1. The topological polar surface area (TPSA) is 37.2 Å². The number of carbonyl (C=O) groups is 1. The van der Waals surface area contributed by atoms with Gasteiger partial charge in [-0.2, -0.15) is 0 Å². The lowest BCUT2D eigenvalue weighted by Gasteiger charge is -2.34. The van der Waals surface area contributed by atoms with Crippen LogP contribution in [-0.2, 0) is 4.79 Å². The van der Waals surface area contributed by atoms with Crippen LogP contribution in [-0.4, -0.2) is 52.3 Å². The van der Waals surface area contributed by atoms with E-state index in [1.165, 1.54) is 17.0 Å². The van der Waals surface area contributed by atoms with E-state index in [1.54, 1.807) is 24.1 Å². The van der Waals surface area contributed by atoms with Crippen LogP contribution in [0.3, 0.4) is 0 Å². The summed E-state index contributed by atoms with van der Waals surface area (Å²) in [5.74, 6) is 0.644. The molecule has 2 aromatic carbocycles. The number of ether oxygens (including phenoxy) is 1. The quantitative estimate of drug-likeness (QED) is 0.837. The van der Waals surface area contributed by atoms with Crippen molar-refractivity contribution >= 4 is 17.3 Å². The molecule has 6 heteroatoms. The number of carbonyl (C=O) groups excluding carboxylic acids is 1. The fraction of sp³-hybridized carbons (Fsp3) is 0.381. The first-order chi connectivity index (χ1) is 13.1. The second-order valence-electron chi connectivity index (χ2n) is 6.73. The minimum atomic E-state index is -0.290. The van der Waals surface area contributed by atoms with Gasteiger partial charge in [0.25, 0.3) is 5.91 Å². The summed E-state index contributed by atoms with van der Waals surface area (Å²) in [6, 6.07) is 14.2. The average molecular weight is 372 g/mol. The number of piperazine rings is 1. The number of anilines is 2. The van der Waals surface area contributed by atoms with Crippen molar-refractivity contribution < 1.29 is 18.8 Å². The van der Waals surface area contributed by atoms with E-state index in [1.807, 2.05) is 25.1 Å². The van der Waals surface area contributed by atoms with E-state index >= 15 is 0 Å². The molecule has 1 aliphatic rings. The van der Waals surface area contributed by atoms with Crippen molar-refractivity contribution in [3.05, 3.63) is 54.3 Å².